The van der Waals surface area contributed by atoms with Gasteiger partial charge in [0.25, 0.3) is 0 Å². The highest BCUT2D eigenvalue weighted by molar-refractivity contribution is 5.98. The lowest BCUT2D eigenvalue weighted by Gasteiger charge is -2.17. The van der Waals surface area contributed by atoms with E-state index in [2.05, 4.69) is 12.2 Å². The molecule has 1 rings (SSSR count). The third-order valence-corrected chi connectivity index (χ3v) is 6.90. The quantitative estimate of drug-likeness (QED) is 0.150. The van der Waals surface area contributed by atoms with Crippen molar-refractivity contribution in [3.63, 3.8) is 0 Å². The molecule has 40 heavy (non-hydrogen) atoms. The summed E-state index contributed by atoms with van der Waals surface area (Å²) in [5.41, 5.74) is 1.77. The number of hydrogen-bond donors (Lipinski definition) is 1. The summed E-state index contributed by atoms with van der Waals surface area (Å²) >= 11 is 0. The van der Waals surface area contributed by atoms with Gasteiger partial charge in [0, 0.05) is 51.9 Å². The standard InChI is InChI=1S/C32H50N2O6/c1-5-7-8-12-28(30(37)6-2)13-9-10-19-33-31(38)14-11-20-40-24-32(39)34(4)23-27-17-15-26(16-18-27)22-29(36)21-25(3)35/h15-18,28H,5-14,19-24H2,1-4H3,(H,33,38). The van der Waals surface area contributed by atoms with Crippen molar-refractivity contribution in [1.29, 1.82) is 0 Å². The molecule has 0 aliphatic carbocycles. The highest BCUT2D eigenvalue weighted by Gasteiger charge is 2.16. The monoisotopic (exact) mass is 558 g/mol. The molecule has 0 fully saturated rings. The zero-order chi connectivity index (χ0) is 29.8. The van der Waals surface area contributed by atoms with Gasteiger partial charge in [-0.05, 0) is 43.7 Å². The molecule has 0 spiro atoms. The second-order valence-corrected chi connectivity index (χ2v) is 10.7. The van der Waals surface area contributed by atoms with E-state index < -0.39 is 0 Å². The number of likely N-dealkylation sites (N-methyl/N-ethyl adjacent to an activating group) is 1. The Morgan fingerprint density at radius 3 is 2.17 bits per heavy atom. The van der Waals surface area contributed by atoms with E-state index >= 15 is 0 Å². The second-order valence-electron chi connectivity index (χ2n) is 10.7. The van der Waals surface area contributed by atoms with E-state index in [-0.39, 0.29) is 48.7 Å². The third-order valence-electron chi connectivity index (χ3n) is 6.90. The molecule has 8 heteroatoms. The van der Waals surface area contributed by atoms with E-state index in [1.54, 1.807) is 11.9 Å². The van der Waals surface area contributed by atoms with Crippen LogP contribution in [0.2, 0.25) is 0 Å². The molecule has 0 saturated carbocycles. The number of benzene rings is 1. The molecule has 0 bridgehead atoms. The second kappa shape index (κ2) is 21.0. The van der Waals surface area contributed by atoms with Crippen molar-refractivity contribution in [2.45, 2.75) is 104 Å². The van der Waals surface area contributed by atoms with Gasteiger partial charge in [0.15, 0.2) is 0 Å². The molecule has 0 aliphatic rings. The predicted octanol–water partition coefficient (Wildman–Crippen LogP) is 4.99. The first-order valence-electron chi connectivity index (χ1n) is 14.9. The molecule has 0 aromatic heterocycles. The first kappa shape index (κ1) is 35.2. The van der Waals surface area contributed by atoms with E-state index in [1.165, 1.54) is 13.3 Å². The van der Waals surface area contributed by atoms with Gasteiger partial charge in [-0.25, -0.2) is 0 Å². The van der Waals surface area contributed by atoms with Crippen LogP contribution in [0.3, 0.4) is 0 Å². The van der Waals surface area contributed by atoms with Gasteiger partial charge in [0.1, 0.15) is 24.0 Å². The minimum atomic E-state index is -0.153. The number of ketones is 3. The lowest BCUT2D eigenvalue weighted by Crippen LogP contribution is -2.30. The number of unbranched alkanes of at least 4 members (excludes halogenated alkanes) is 3. The van der Waals surface area contributed by atoms with Crippen molar-refractivity contribution in [2.75, 3.05) is 26.8 Å². The number of carbonyl (C=O) groups excluding carboxylic acids is 5. The van der Waals surface area contributed by atoms with Gasteiger partial charge in [0.05, 0.1) is 6.42 Å². The summed E-state index contributed by atoms with van der Waals surface area (Å²) in [4.78, 5) is 61.0. The van der Waals surface area contributed by atoms with E-state index in [1.807, 2.05) is 31.2 Å². The summed E-state index contributed by atoms with van der Waals surface area (Å²) in [6.07, 6.45) is 8.77. The highest BCUT2D eigenvalue weighted by Crippen LogP contribution is 2.19. The number of nitrogens with zero attached hydrogens (tertiary/aromatic N) is 1. The normalized spacial score (nSPS) is 11.6. The van der Waals surface area contributed by atoms with Crippen LogP contribution >= 0.6 is 0 Å². The summed E-state index contributed by atoms with van der Waals surface area (Å²) in [5, 5.41) is 2.93. The highest BCUT2D eigenvalue weighted by atomic mass is 16.5. The lowest BCUT2D eigenvalue weighted by atomic mass is 9.90. The summed E-state index contributed by atoms with van der Waals surface area (Å²) in [5.74, 6) is 0.0957. The molecule has 1 N–H and O–H groups in total. The molecule has 1 unspecified atom stereocenters. The van der Waals surface area contributed by atoms with Crippen LogP contribution in [0.5, 0.6) is 0 Å². The molecule has 0 saturated heterocycles. The molecular formula is C32H50N2O6. The Labute approximate surface area is 240 Å². The Balaban J connectivity index is 2.17. The van der Waals surface area contributed by atoms with Crippen LogP contribution < -0.4 is 5.32 Å². The Morgan fingerprint density at radius 2 is 1.55 bits per heavy atom. The zero-order valence-corrected chi connectivity index (χ0v) is 25.1. The van der Waals surface area contributed by atoms with Gasteiger partial charge in [-0.3, -0.25) is 24.0 Å². The minimum Gasteiger partial charge on any atom is -0.372 e. The average Bonchev–Trinajstić information content (AvgIpc) is 2.91. The van der Waals surface area contributed by atoms with Gasteiger partial charge >= 0.3 is 0 Å². The number of ether oxygens (including phenoxy) is 1. The Bertz CT molecular complexity index is 928. The first-order valence-corrected chi connectivity index (χ1v) is 14.9. The molecule has 1 atom stereocenters. The number of nitrogens with one attached hydrogen (secondary N) is 1. The molecule has 8 nitrogen and oxygen atoms in total. The van der Waals surface area contributed by atoms with Gasteiger partial charge in [-0.15, -0.1) is 0 Å². The van der Waals surface area contributed by atoms with E-state index in [4.69, 9.17) is 4.74 Å². The molecule has 1 aromatic rings. The molecule has 0 aliphatic heterocycles. The van der Waals surface area contributed by atoms with E-state index in [9.17, 15) is 24.0 Å². The molecule has 2 amide bonds. The maximum absolute atomic E-state index is 12.4. The fourth-order valence-electron chi connectivity index (χ4n) is 4.52. The topological polar surface area (TPSA) is 110 Å². The average molecular weight is 559 g/mol. The minimum absolute atomic E-state index is 0.0254. The van der Waals surface area contributed by atoms with Gasteiger partial charge in [0.2, 0.25) is 11.8 Å². The molecule has 0 radical (unpaired) electrons. The van der Waals surface area contributed by atoms with Crippen LogP contribution in [0.15, 0.2) is 24.3 Å². The van der Waals surface area contributed by atoms with Gasteiger partial charge in [-0.2, -0.15) is 0 Å². The van der Waals surface area contributed by atoms with Gasteiger partial charge in [-0.1, -0.05) is 63.8 Å². The van der Waals surface area contributed by atoms with Crippen LogP contribution in [0.25, 0.3) is 0 Å². The van der Waals surface area contributed by atoms with E-state index in [0.29, 0.717) is 44.7 Å². The largest absolute Gasteiger partial charge is 0.372 e. The van der Waals surface area contributed by atoms with Crippen molar-refractivity contribution < 1.29 is 28.7 Å². The molecule has 0 heterocycles. The van der Waals surface area contributed by atoms with Crippen molar-refractivity contribution in [3.05, 3.63) is 35.4 Å². The van der Waals surface area contributed by atoms with Crippen LogP contribution in [-0.2, 0) is 41.7 Å². The Kier molecular flexibility index (Phi) is 18.4. The number of hydrogen-bond acceptors (Lipinski definition) is 6. The van der Waals surface area contributed by atoms with Gasteiger partial charge < -0.3 is 15.0 Å². The van der Waals surface area contributed by atoms with Crippen molar-refractivity contribution >= 4 is 29.2 Å². The summed E-state index contributed by atoms with van der Waals surface area (Å²) < 4.78 is 5.47. The Morgan fingerprint density at radius 1 is 0.900 bits per heavy atom. The summed E-state index contributed by atoms with van der Waals surface area (Å²) in [6.45, 7) is 6.81. The number of amides is 2. The van der Waals surface area contributed by atoms with E-state index in [0.717, 1.165) is 49.7 Å². The van der Waals surface area contributed by atoms with Crippen LogP contribution in [0, 0.1) is 5.92 Å². The Hall–Kier alpha value is -2.87. The predicted molar refractivity (Wildman–Crippen MR) is 157 cm³/mol. The molecule has 1 aromatic carbocycles. The van der Waals surface area contributed by atoms with Crippen molar-refractivity contribution in [3.8, 4) is 0 Å². The van der Waals surface area contributed by atoms with Crippen molar-refractivity contribution in [1.82, 2.24) is 10.2 Å². The SMILES string of the molecule is CCCCCC(CCCCNC(=O)CCCOCC(=O)N(C)Cc1ccc(CC(=O)CC(C)=O)cc1)C(=O)CC. The molecular weight excluding hydrogens is 508 g/mol. The fraction of sp³-hybridized carbons (Fsp3) is 0.656. The van der Waals surface area contributed by atoms with Crippen LogP contribution in [0.1, 0.15) is 103 Å². The zero-order valence-electron chi connectivity index (χ0n) is 25.1. The smallest absolute Gasteiger partial charge is 0.248 e. The fourth-order valence-corrected chi connectivity index (χ4v) is 4.52. The third kappa shape index (κ3) is 16.3. The molecule has 224 valence electrons. The summed E-state index contributed by atoms with van der Waals surface area (Å²) in [7, 11) is 1.70. The van der Waals surface area contributed by atoms with Crippen molar-refractivity contribution in [2.24, 2.45) is 5.92 Å². The maximum atomic E-state index is 12.4. The maximum Gasteiger partial charge on any atom is 0.248 e. The first-order chi connectivity index (χ1) is 19.2. The summed E-state index contributed by atoms with van der Waals surface area (Å²) in [6, 6.07) is 7.42. The van der Waals surface area contributed by atoms with Crippen LogP contribution in [-0.4, -0.2) is 60.9 Å². The number of rotatable bonds is 23. The number of Topliss-reactive ketones (excluding diaryl/α,β-unsaturated/α-hetero) is 3. The number of carbonyl (C=O) groups is 5. The lowest BCUT2D eigenvalue weighted by molar-refractivity contribution is -0.135. The van der Waals surface area contributed by atoms with Crippen LogP contribution in [0.4, 0.5) is 0 Å².